The summed E-state index contributed by atoms with van der Waals surface area (Å²) in [5.41, 5.74) is -0.568. The first kappa shape index (κ1) is 23.7. The second-order valence-electron chi connectivity index (χ2n) is 7.45. The van der Waals surface area contributed by atoms with Crippen LogP contribution in [0.25, 0.3) is 16.5 Å². The van der Waals surface area contributed by atoms with E-state index in [-0.39, 0.29) is 27.8 Å². The highest BCUT2D eigenvalue weighted by atomic mass is 19.1. The Bertz CT molecular complexity index is 1450. The van der Waals surface area contributed by atoms with Gasteiger partial charge in [0.1, 0.15) is 23.1 Å². The van der Waals surface area contributed by atoms with Crippen molar-refractivity contribution in [3.8, 4) is 22.9 Å². The van der Waals surface area contributed by atoms with E-state index in [0.29, 0.717) is 18.0 Å². The molecule has 0 fully saturated rings. The van der Waals surface area contributed by atoms with Gasteiger partial charge in [0.15, 0.2) is 11.5 Å². The number of hydrogen-bond donors (Lipinski definition) is 1. The summed E-state index contributed by atoms with van der Waals surface area (Å²) in [6.45, 7) is 2.33. The molecular weight excluding hydrogens is 458 g/mol. The summed E-state index contributed by atoms with van der Waals surface area (Å²) >= 11 is 0. The van der Waals surface area contributed by atoms with Crippen molar-refractivity contribution < 1.29 is 27.8 Å². The summed E-state index contributed by atoms with van der Waals surface area (Å²) in [6.07, 6.45) is 1.32. The van der Waals surface area contributed by atoms with Crippen LogP contribution in [0.15, 0.2) is 65.6 Å². The normalized spacial score (nSPS) is 10.8. The lowest BCUT2D eigenvalue weighted by molar-refractivity contribution is 0.102. The van der Waals surface area contributed by atoms with Gasteiger partial charge in [0, 0.05) is 17.3 Å². The molecule has 0 aliphatic carbocycles. The first-order valence-electron chi connectivity index (χ1n) is 10.7. The van der Waals surface area contributed by atoms with E-state index in [1.807, 2.05) is 6.92 Å². The molecule has 0 atom stereocenters. The number of hydrogen-bond acceptors (Lipinski definition) is 5. The smallest absolute Gasteiger partial charge is 0.263 e. The van der Waals surface area contributed by atoms with Gasteiger partial charge in [0.2, 0.25) is 0 Å². The van der Waals surface area contributed by atoms with Crippen molar-refractivity contribution >= 4 is 22.4 Å². The molecular formula is C26H22F2N2O5. The zero-order chi connectivity index (χ0) is 25.1. The number of fused-ring (bicyclic) bond motifs is 1. The molecule has 0 saturated heterocycles. The van der Waals surface area contributed by atoms with Crippen LogP contribution in [0, 0.1) is 11.6 Å². The van der Waals surface area contributed by atoms with E-state index in [0.717, 1.165) is 12.1 Å². The summed E-state index contributed by atoms with van der Waals surface area (Å²) in [5.74, 6) is -1.49. The van der Waals surface area contributed by atoms with Crippen LogP contribution >= 0.6 is 0 Å². The van der Waals surface area contributed by atoms with Crippen molar-refractivity contribution in [1.82, 2.24) is 4.57 Å². The largest absolute Gasteiger partial charge is 0.494 e. The van der Waals surface area contributed by atoms with Crippen LogP contribution in [-0.4, -0.2) is 31.3 Å². The minimum Gasteiger partial charge on any atom is -0.494 e. The molecule has 1 heterocycles. The van der Waals surface area contributed by atoms with Crippen molar-refractivity contribution in [2.75, 3.05) is 26.1 Å². The summed E-state index contributed by atoms with van der Waals surface area (Å²) in [5, 5.41) is 2.66. The van der Waals surface area contributed by atoms with Crippen LogP contribution in [0.5, 0.6) is 17.2 Å². The predicted octanol–water partition coefficient (Wildman–Crippen LogP) is 4.94. The minimum atomic E-state index is -0.929. The first-order chi connectivity index (χ1) is 16.9. The fourth-order valence-corrected chi connectivity index (χ4v) is 3.71. The van der Waals surface area contributed by atoms with Crippen LogP contribution in [0.3, 0.4) is 0 Å². The van der Waals surface area contributed by atoms with Crippen molar-refractivity contribution in [3.63, 3.8) is 0 Å². The van der Waals surface area contributed by atoms with Crippen molar-refractivity contribution in [3.05, 3.63) is 88.3 Å². The Hall–Kier alpha value is -4.40. The summed E-state index contributed by atoms with van der Waals surface area (Å²) in [4.78, 5) is 26.7. The van der Waals surface area contributed by atoms with Gasteiger partial charge < -0.3 is 19.5 Å². The minimum absolute atomic E-state index is 0.00269. The second kappa shape index (κ2) is 9.84. The number of rotatable bonds is 7. The van der Waals surface area contributed by atoms with Crippen LogP contribution in [-0.2, 0) is 0 Å². The molecule has 180 valence electrons. The van der Waals surface area contributed by atoms with Crippen LogP contribution in [0.2, 0.25) is 0 Å². The van der Waals surface area contributed by atoms with Crippen molar-refractivity contribution in [1.29, 1.82) is 0 Å². The van der Waals surface area contributed by atoms with E-state index in [4.69, 9.17) is 14.2 Å². The molecule has 0 bridgehead atoms. The van der Waals surface area contributed by atoms with Gasteiger partial charge in [-0.3, -0.25) is 14.2 Å². The number of aromatic nitrogens is 1. The number of nitrogens with one attached hydrogen (secondary N) is 1. The van der Waals surface area contributed by atoms with Gasteiger partial charge in [0.25, 0.3) is 11.5 Å². The molecule has 4 aromatic rings. The van der Waals surface area contributed by atoms with Crippen LogP contribution < -0.4 is 25.1 Å². The van der Waals surface area contributed by atoms with E-state index < -0.39 is 28.8 Å². The van der Waals surface area contributed by atoms with Crippen LogP contribution in [0.1, 0.15) is 17.3 Å². The maximum atomic E-state index is 14.2. The van der Waals surface area contributed by atoms with E-state index in [9.17, 15) is 18.4 Å². The van der Waals surface area contributed by atoms with Crippen molar-refractivity contribution in [2.24, 2.45) is 0 Å². The Balaban J connectivity index is 1.94. The standard InChI is InChI=1S/C26H22F2N2O5/c1-4-35-16-10-8-15(9-11-16)30-14-19(25(31)29-24-20(27)6-5-7-21(24)28)17-12-22(33-2)23(34-3)13-18(17)26(30)32/h5-14H,4H2,1-3H3,(H,29,31). The highest BCUT2D eigenvalue weighted by Crippen LogP contribution is 2.33. The van der Waals surface area contributed by atoms with E-state index >= 15 is 0 Å². The third kappa shape index (κ3) is 4.52. The van der Waals surface area contributed by atoms with Gasteiger partial charge in [-0.2, -0.15) is 0 Å². The first-order valence-corrected chi connectivity index (χ1v) is 10.7. The van der Waals surface area contributed by atoms with Gasteiger partial charge in [-0.1, -0.05) is 6.07 Å². The Morgan fingerprint density at radius 1 is 0.943 bits per heavy atom. The fourth-order valence-electron chi connectivity index (χ4n) is 3.71. The summed E-state index contributed by atoms with van der Waals surface area (Å²) in [7, 11) is 2.84. The van der Waals surface area contributed by atoms with Crippen molar-refractivity contribution in [2.45, 2.75) is 6.92 Å². The second-order valence-corrected chi connectivity index (χ2v) is 7.45. The number of anilines is 1. The van der Waals surface area contributed by atoms with Gasteiger partial charge in [-0.25, -0.2) is 8.78 Å². The number of benzene rings is 3. The molecule has 3 aromatic carbocycles. The topological polar surface area (TPSA) is 78.8 Å². The number of para-hydroxylation sites is 1. The van der Waals surface area contributed by atoms with Gasteiger partial charge in [-0.05, 0) is 55.5 Å². The average molecular weight is 480 g/mol. The number of nitrogens with zero attached hydrogens (tertiary/aromatic N) is 1. The van der Waals surface area contributed by atoms with E-state index in [2.05, 4.69) is 5.32 Å². The Labute approximate surface area is 199 Å². The molecule has 0 spiro atoms. The average Bonchev–Trinajstić information content (AvgIpc) is 2.86. The predicted molar refractivity (Wildman–Crippen MR) is 128 cm³/mol. The quantitative estimate of drug-likeness (QED) is 0.406. The molecule has 0 saturated carbocycles. The molecule has 1 N–H and O–H groups in total. The molecule has 35 heavy (non-hydrogen) atoms. The lowest BCUT2D eigenvalue weighted by Gasteiger charge is -2.16. The fraction of sp³-hybridized carbons (Fsp3) is 0.154. The van der Waals surface area contributed by atoms with E-state index in [1.165, 1.54) is 43.2 Å². The summed E-state index contributed by atoms with van der Waals surface area (Å²) in [6, 6.07) is 12.9. The van der Waals surface area contributed by atoms with Crippen LogP contribution in [0.4, 0.5) is 14.5 Å². The molecule has 1 aromatic heterocycles. The third-order valence-corrected chi connectivity index (χ3v) is 5.39. The van der Waals surface area contributed by atoms with E-state index in [1.54, 1.807) is 24.3 Å². The number of ether oxygens (including phenoxy) is 3. The highest BCUT2D eigenvalue weighted by Gasteiger charge is 2.21. The Morgan fingerprint density at radius 3 is 2.11 bits per heavy atom. The molecule has 1 amide bonds. The van der Waals surface area contributed by atoms with Gasteiger partial charge >= 0.3 is 0 Å². The number of halogens is 2. The summed E-state index contributed by atoms with van der Waals surface area (Å²) < 4.78 is 45.8. The highest BCUT2D eigenvalue weighted by molar-refractivity contribution is 6.13. The monoisotopic (exact) mass is 480 g/mol. The Morgan fingerprint density at radius 2 is 1.54 bits per heavy atom. The lowest BCUT2D eigenvalue weighted by atomic mass is 10.0. The van der Waals surface area contributed by atoms with Gasteiger partial charge in [-0.15, -0.1) is 0 Å². The van der Waals surface area contributed by atoms with Gasteiger partial charge in [0.05, 0.1) is 31.8 Å². The third-order valence-electron chi connectivity index (χ3n) is 5.39. The molecule has 0 unspecified atom stereocenters. The number of carbonyl (C=O) groups is 1. The zero-order valence-electron chi connectivity index (χ0n) is 19.2. The molecule has 7 nitrogen and oxygen atoms in total. The molecule has 0 aliphatic heterocycles. The zero-order valence-corrected chi connectivity index (χ0v) is 19.2. The maximum absolute atomic E-state index is 14.2. The maximum Gasteiger partial charge on any atom is 0.263 e. The number of amides is 1. The molecule has 0 radical (unpaired) electrons. The lowest BCUT2D eigenvalue weighted by Crippen LogP contribution is -2.23. The molecule has 4 rings (SSSR count). The number of carbonyl (C=O) groups excluding carboxylic acids is 1. The molecule has 0 aliphatic rings. The number of pyridine rings is 1. The number of methoxy groups -OCH3 is 2. The molecule has 9 heteroatoms. The Kier molecular flexibility index (Phi) is 6.68. The SMILES string of the molecule is CCOc1ccc(-n2cc(C(=O)Nc3c(F)cccc3F)c3cc(OC)c(OC)cc3c2=O)cc1.